The number of benzene rings is 1. The fourth-order valence-corrected chi connectivity index (χ4v) is 4.92. The Bertz CT molecular complexity index is 1840. The van der Waals surface area contributed by atoms with Gasteiger partial charge in [0.15, 0.2) is 5.65 Å². The van der Waals surface area contributed by atoms with Crippen molar-refractivity contribution < 1.29 is 23.5 Å². The zero-order valence-electron chi connectivity index (χ0n) is 24.8. The van der Waals surface area contributed by atoms with Gasteiger partial charge in [0.05, 0.1) is 28.1 Å². The number of hydrogen-bond donors (Lipinski definition) is 0. The number of carbonyl (C=O) groups is 2. The van der Waals surface area contributed by atoms with Crippen LogP contribution in [0.4, 0.5) is 19.8 Å². The summed E-state index contributed by atoms with van der Waals surface area (Å²) in [5.41, 5.74) is 1.32. The van der Waals surface area contributed by atoms with Gasteiger partial charge >= 0.3 is 12.2 Å². The van der Waals surface area contributed by atoms with Crippen LogP contribution in [0, 0.1) is 5.82 Å². The Kier molecular flexibility index (Phi) is 7.99. The minimum absolute atomic E-state index is 0.161. The van der Waals surface area contributed by atoms with Crippen LogP contribution in [0.5, 0.6) is 0 Å². The lowest BCUT2D eigenvalue weighted by atomic mass is 10.1. The van der Waals surface area contributed by atoms with Gasteiger partial charge in [-0.3, -0.25) is 14.5 Å². The lowest BCUT2D eigenvalue weighted by Crippen LogP contribution is -2.39. The van der Waals surface area contributed by atoms with E-state index in [9.17, 15) is 14.0 Å². The van der Waals surface area contributed by atoms with Crippen molar-refractivity contribution in [1.82, 2.24) is 24.1 Å². The zero-order valence-corrected chi connectivity index (χ0v) is 26.3. The second-order valence-electron chi connectivity index (χ2n) is 12.0. The van der Waals surface area contributed by atoms with Crippen LogP contribution in [0.2, 0.25) is 0 Å². The van der Waals surface area contributed by atoms with Crippen molar-refractivity contribution in [3.05, 3.63) is 77.0 Å². The fraction of sp³-hybridized carbons (Fsp3) is 0.323. The molecule has 0 saturated heterocycles. The number of pyridine rings is 1. The number of rotatable bonds is 5. The van der Waals surface area contributed by atoms with E-state index in [0.717, 1.165) is 17.1 Å². The maximum atomic E-state index is 14.1. The molecule has 0 aliphatic rings. The predicted molar refractivity (Wildman–Crippen MR) is 165 cm³/mol. The zero-order chi connectivity index (χ0) is 31.1. The molecule has 5 aromatic rings. The molecule has 0 bridgehead atoms. The van der Waals surface area contributed by atoms with E-state index in [1.165, 1.54) is 26.2 Å². The van der Waals surface area contributed by atoms with Gasteiger partial charge in [-0.2, -0.15) is 9.61 Å². The highest BCUT2D eigenvalue weighted by Gasteiger charge is 2.28. The van der Waals surface area contributed by atoms with Gasteiger partial charge in [-0.25, -0.2) is 19.0 Å². The smallest absolute Gasteiger partial charge is 0.419 e. The summed E-state index contributed by atoms with van der Waals surface area (Å²) in [5.74, 6) is -0.154. The van der Waals surface area contributed by atoms with Gasteiger partial charge in [0.1, 0.15) is 22.8 Å². The number of anilines is 1. The van der Waals surface area contributed by atoms with Crippen LogP contribution in [0.25, 0.3) is 27.8 Å². The first-order chi connectivity index (χ1) is 20.2. The number of amides is 1. The van der Waals surface area contributed by atoms with Crippen molar-refractivity contribution in [1.29, 1.82) is 0 Å². The summed E-state index contributed by atoms with van der Waals surface area (Å²) in [4.78, 5) is 36.9. The molecule has 0 spiro atoms. The van der Waals surface area contributed by atoms with Gasteiger partial charge < -0.3 is 9.47 Å². The average Bonchev–Trinajstić information content (AvgIpc) is 3.47. The van der Waals surface area contributed by atoms with Crippen molar-refractivity contribution in [2.75, 3.05) is 11.4 Å². The van der Waals surface area contributed by atoms with Crippen molar-refractivity contribution in [2.45, 2.75) is 59.2 Å². The molecule has 224 valence electrons. The van der Waals surface area contributed by atoms with Crippen LogP contribution in [0.15, 0.2) is 65.7 Å². The summed E-state index contributed by atoms with van der Waals surface area (Å²) in [5, 5.41) is 5.29. The van der Waals surface area contributed by atoms with Gasteiger partial charge in [-0.05, 0) is 81.6 Å². The highest BCUT2D eigenvalue weighted by molar-refractivity contribution is 9.10. The summed E-state index contributed by atoms with van der Waals surface area (Å²) in [6.07, 6.45) is 5.18. The van der Waals surface area contributed by atoms with E-state index >= 15 is 0 Å². The normalized spacial score (nSPS) is 12.1. The lowest BCUT2D eigenvalue weighted by Gasteiger charge is -2.28. The first-order valence-corrected chi connectivity index (χ1v) is 14.5. The van der Waals surface area contributed by atoms with Gasteiger partial charge in [-0.15, -0.1) is 0 Å². The Hall–Kier alpha value is -4.32. The topological polar surface area (TPSA) is 104 Å². The minimum Gasteiger partial charge on any atom is -0.443 e. The van der Waals surface area contributed by atoms with Gasteiger partial charge in [0, 0.05) is 36.0 Å². The number of nitrogens with zero attached hydrogens (tertiary/aromatic N) is 6. The second-order valence-corrected chi connectivity index (χ2v) is 12.9. The Morgan fingerprint density at radius 1 is 1.00 bits per heavy atom. The molecule has 0 saturated carbocycles. The van der Waals surface area contributed by atoms with Crippen LogP contribution in [0.1, 0.15) is 47.1 Å². The van der Waals surface area contributed by atoms with Crippen LogP contribution in [-0.4, -0.2) is 54.1 Å². The predicted octanol–water partition coefficient (Wildman–Crippen LogP) is 7.42. The van der Waals surface area contributed by atoms with Crippen LogP contribution in [-0.2, 0) is 15.9 Å². The maximum Gasteiger partial charge on any atom is 0.419 e. The number of hydrogen-bond acceptors (Lipinski definition) is 7. The van der Waals surface area contributed by atoms with E-state index in [1.54, 1.807) is 39.2 Å². The van der Waals surface area contributed by atoms with Crippen molar-refractivity contribution in [2.24, 2.45) is 0 Å². The third kappa shape index (κ3) is 6.69. The number of fused-ring (bicyclic) bond motifs is 2. The molecule has 10 nitrogen and oxygen atoms in total. The van der Waals surface area contributed by atoms with Crippen LogP contribution in [0.3, 0.4) is 0 Å². The first-order valence-electron chi connectivity index (χ1n) is 13.7. The Balaban J connectivity index is 1.59. The molecule has 12 heteroatoms. The number of para-hydroxylation sites is 1. The van der Waals surface area contributed by atoms with E-state index < -0.39 is 29.2 Å². The minimum atomic E-state index is -0.784. The van der Waals surface area contributed by atoms with Crippen molar-refractivity contribution in [3.8, 4) is 11.3 Å². The van der Waals surface area contributed by atoms with Gasteiger partial charge in [-0.1, -0.05) is 18.2 Å². The van der Waals surface area contributed by atoms with E-state index in [2.05, 4.69) is 31.0 Å². The quantitative estimate of drug-likeness (QED) is 0.195. The molecule has 4 heterocycles. The summed E-state index contributed by atoms with van der Waals surface area (Å²) in [7, 11) is 0. The van der Waals surface area contributed by atoms with Crippen LogP contribution >= 0.6 is 15.9 Å². The average molecular weight is 652 g/mol. The van der Waals surface area contributed by atoms with E-state index in [0.29, 0.717) is 39.1 Å². The number of aromatic nitrogens is 5. The molecule has 0 fully saturated rings. The summed E-state index contributed by atoms with van der Waals surface area (Å²) >= 11 is 3.48. The molecule has 4 aromatic heterocycles. The number of halogens is 2. The third-order valence-corrected chi connectivity index (χ3v) is 6.85. The largest absolute Gasteiger partial charge is 0.443 e. The fourth-order valence-electron chi connectivity index (χ4n) is 4.57. The molecule has 1 amide bonds. The molecule has 0 atom stereocenters. The maximum absolute atomic E-state index is 14.1. The van der Waals surface area contributed by atoms with Crippen LogP contribution < -0.4 is 4.90 Å². The molecule has 5 rings (SSSR count). The first kappa shape index (κ1) is 30.1. The lowest BCUT2D eigenvalue weighted by molar-refractivity contribution is 0.0540. The van der Waals surface area contributed by atoms with Crippen molar-refractivity contribution in [3.63, 3.8) is 0 Å². The molecule has 0 unspecified atom stereocenters. The molecule has 0 aliphatic heterocycles. The van der Waals surface area contributed by atoms with E-state index in [4.69, 9.17) is 9.47 Å². The molecule has 1 aromatic carbocycles. The highest BCUT2D eigenvalue weighted by Crippen LogP contribution is 2.30. The Morgan fingerprint density at radius 2 is 1.72 bits per heavy atom. The molecular formula is C31H32BrFN6O4. The monoisotopic (exact) mass is 650 g/mol. The van der Waals surface area contributed by atoms with Gasteiger partial charge in [0.2, 0.25) is 0 Å². The number of carbonyl (C=O) groups excluding carboxylic acids is 2. The SMILES string of the molecule is CC(C)(C)OC(=O)N(CCc1cn(C(=O)OC(C)(C)C)c2ccccc12)c1cc(-c2cncc(F)c2)nc2c(Br)cnn12. The molecule has 0 N–H and O–H groups in total. The molecular weight excluding hydrogens is 619 g/mol. The van der Waals surface area contributed by atoms with E-state index in [-0.39, 0.29) is 6.54 Å². The standard InChI is InChI=1S/C31H32BrFN6O4/c1-30(2,3)42-28(40)37(12-11-19-18-38(29(41)43-31(4,5)6)25-10-8-7-9-22(19)25)26-14-24(20-13-21(33)16-34-15-20)36-27-23(32)17-35-39(26)27/h7-10,13-18H,11-12H2,1-6H3. The molecule has 0 radical (unpaired) electrons. The Labute approximate surface area is 256 Å². The van der Waals surface area contributed by atoms with Gasteiger partial charge in [0.25, 0.3) is 0 Å². The Morgan fingerprint density at radius 3 is 2.42 bits per heavy atom. The third-order valence-electron chi connectivity index (χ3n) is 6.29. The summed E-state index contributed by atoms with van der Waals surface area (Å²) < 4.78 is 29.1. The summed E-state index contributed by atoms with van der Waals surface area (Å²) in [6.45, 7) is 11.0. The molecule has 43 heavy (non-hydrogen) atoms. The summed E-state index contributed by atoms with van der Waals surface area (Å²) in [6, 6.07) is 10.5. The second kappa shape index (κ2) is 11.4. The highest BCUT2D eigenvalue weighted by atomic mass is 79.9. The van der Waals surface area contributed by atoms with Crippen molar-refractivity contribution >= 4 is 50.5 Å². The number of ether oxygens (including phenoxy) is 2. The molecule has 0 aliphatic carbocycles. The van der Waals surface area contributed by atoms with E-state index in [1.807, 2.05) is 45.0 Å².